The molecule has 3 aromatic carbocycles. The molecule has 0 bridgehead atoms. The standard InChI is InChI=1S/C28H29FN2O3/c1-18(2)34-23-11-7-20(8-12-23)15-30-16-25-24-13-4-19(3)14-26(24)31(27(25)28(32)33)17-21-5-9-22(29)10-6-21/h4-14,18,30H,15-17H2,1-3H3,(H,32,33). The molecule has 6 heteroatoms. The van der Waals surface area contributed by atoms with Crippen LogP contribution in [0.1, 0.15) is 46.6 Å². The molecular weight excluding hydrogens is 431 g/mol. The number of hydrogen-bond acceptors (Lipinski definition) is 3. The van der Waals surface area contributed by atoms with Gasteiger partial charge in [0.1, 0.15) is 17.3 Å². The van der Waals surface area contributed by atoms with Gasteiger partial charge in [0, 0.05) is 36.1 Å². The van der Waals surface area contributed by atoms with Crippen molar-refractivity contribution in [2.45, 2.75) is 46.5 Å². The number of carboxylic acid groups (broad SMARTS) is 1. The highest BCUT2D eigenvalue weighted by molar-refractivity contribution is 5.98. The van der Waals surface area contributed by atoms with Crippen molar-refractivity contribution in [3.63, 3.8) is 0 Å². The van der Waals surface area contributed by atoms with Crippen molar-refractivity contribution in [3.05, 3.63) is 100 Å². The number of benzene rings is 3. The summed E-state index contributed by atoms with van der Waals surface area (Å²) in [5, 5.41) is 14.4. The average Bonchev–Trinajstić information content (AvgIpc) is 3.09. The van der Waals surface area contributed by atoms with E-state index in [1.165, 1.54) is 12.1 Å². The molecule has 0 aliphatic rings. The van der Waals surface area contributed by atoms with Gasteiger partial charge in [0.05, 0.1) is 6.10 Å². The normalized spacial score (nSPS) is 11.3. The first-order chi connectivity index (χ1) is 16.3. The van der Waals surface area contributed by atoms with Crippen LogP contribution in [0.25, 0.3) is 10.9 Å². The van der Waals surface area contributed by atoms with Gasteiger partial charge in [0.25, 0.3) is 0 Å². The lowest BCUT2D eigenvalue weighted by Gasteiger charge is -2.11. The van der Waals surface area contributed by atoms with E-state index in [0.717, 1.165) is 38.9 Å². The number of aryl methyl sites for hydroxylation is 1. The van der Waals surface area contributed by atoms with Gasteiger partial charge in [-0.2, -0.15) is 0 Å². The molecule has 1 heterocycles. The number of halogens is 1. The number of rotatable bonds is 9. The Labute approximate surface area is 198 Å². The SMILES string of the molecule is Cc1ccc2c(CNCc3ccc(OC(C)C)cc3)c(C(=O)O)n(Cc3ccc(F)cc3)c2c1. The Morgan fingerprint density at radius 2 is 1.68 bits per heavy atom. The highest BCUT2D eigenvalue weighted by Crippen LogP contribution is 2.29. The zero-order valence-electron chi connectivity index (χ0n) is 19.6. The molecule has 4 aromatic rings. The third kappa shape index (κ3) is 5.29. The fourth-order valence-electron chi connectivity index (χ4n) is 4.18. The Kier molecular flexibility index (Phi) is 6.98. The number of hydrogen-bond donors (Lipinski definition) is 2. The van der Waals surface area contributed by atoms with E-state index in [0.29, 0.717) is 19.6 Å². The highest BCUT2D eigenvalue weighted by Gasteiger charge is 2.22. The first kappa shape index (κ1) is 23.5. The summed E-state index contributed by atoms with van der Waals surface area (Å²) >= 11 is 0. The van der Waals surface area contributed by atoms with Gasteiger partial charge < -0.3 is 19.7 Å². The van der Waals surface area contributed by atoms with Crippen LogP contribution in [0.15, 0.2) is 66.7 Å². The maximum absolute atomic E-state index is 13.4. The summed E-state index contributed by atoms with van der Waals surface area (Å²) in [5.74, 6) is -0.474. The van der Waals surface area contributed by atoms with Gasteiger partial charge in [0.2, 0.25) is 0 Å². The van der Waals surface area contributed by atoms with Gasteiger partial charge in [-0.15, -0.1) is 0 Å². The fraction of sp³-hybridized carbons (Fsp3) is 0.250. The van der Waals surface area contributed by atoms with E-state index in [4.69, 9.17) is 4.74 Å². The Hall–Kier alpha value is -3.64. The maximum atomic E-state index is 13.4. The smallest absolute Gasteiger partial charge is 0.352 e. The minimum Gasteiger partial charge on any atom is -0.491 e. The lowest BCUT2D eigenvalue weighted by Crippen LogP contribution is -2.17. The zero-order chi connectivity index (χ0) is 24.2. The molecule has 176 valence electrons. The molecule has 0 saturated carbocycles. The predicted octanol–water partition coefficient (Wildman–Crippen LogP) is 5.91. The topological polar surface area (TPSA) is 63.5 Å². The molecule has 0 radical (unpaired) electrons. The van der Waals surface area contributed by atoms with E-state index in [9.17, 15) is 14.3 Å². The van der Waals surface area contributed by atoms with E-state index in [2.05, 4.69) is 5.32 Å². The van der Waals surface area contributed by atoms with Crippen LogP contribution in [0.5, 0.6) is 5.75 Å². The molecule has 4 rings (SSSR count). The molecule has 0 aliphatic heterocycles. The number of aromatic carboxylic acids is 1. The van der Waals surface area contributed by atoms with Crippen molar-refractivity contribution in [3.8, 4) is 5.75 Å². The molecule has 2 N–H and O–H groups in total. The average molecular weight is 461 g/mol. The number of carbonyl (C=O) groups is 1. The van der Waals surface area contributed by atoms with Crippen molar-refractivity contribution in [2.24, 2.45) is 0 Å². The van der Waals surface area contributed by atoms with E-state index >= 15 is 0 Å². The molecule has 0 unspecified atom stereocenters. The summed E-state index contributed by atoms with van der Waals surface area (Å²) in [6, 6.07) is 20.0. The van der Waals surface area contributed by atoms with Gasteiger partial charge >= 0.3 is 5.97 Å². The minimum atomic E-state index is -0.983. The molecular formula is C28H29FN2O3. The predicted molar refractivity (Wildman–Crippen MR) is 132 cm³/mol. The van der Waals surface area contributed by atoms with Gasteiger partial charge in [0.15, 0.2) is 0 Å². The summed E-state index contributed by atoms with van der Waals surface area (Å²) in [6.07, 6.45) is 0.120. The van der Waals surface area contributed by atoms with E-state index in [1.807, 2.05) is 67.8 Å². The molecule has 0 atom stereocenters. The molecule has 1 aromatic heterocycles. The number of nitrogens with one attached hydrogen (secondary N) is 1. The summed E-state index contributed by atoms with van der Waals surface area (Å²) < 4.78 is 20.9. The number of aromatic nitrogens is 1. The molecule has 5 nitrogen and oxygen atoms in total. The molecule has 0 saturated heterocycles. The molecule has 0 fully saturated rings. The van der Waals surface area contributed by atoms with Crippen molar-refractivity contribution in [1.29, 1.82) is 0 Å². The Morgan fingerprint density at radius 3 is 2.32 bits per heavy atom. The number of carboxylic acids is 1. The second kappa shape index (κ2) is 10.1. The zero-order valence-corrected chi connectivity index (χ0v) is 19.6. The number of fused-ring (bicyclic) bond motifs is 1. The summed E-state index contributed by atoms with van der Waals surface area (Å²) in [6.45, 7) is 7.31. The molecule has 0 spiro atoms. The van der Waals surface area contributed by atoms with Crippen molar-refractivity contribution in [1.82, 2.24) is 9.88 Å². The fourth-order valence-corrected chi connectivity index (χ4v) is 4.18. The van der Waals surface area contributed by atoms with Crippen LogP contribution in [0.3, 0.4) is 0 Å². The van der Waals surface area contributed by atoms with Crippen molar-refractivity contribution < 1.29 is 19.0 Å². The highest BCUT2D eigenvalue weighted by atomic mass is 19.1. The lowest BCUT2D eigenvalue weighted by atomic mass is 10.1. The first-order valence-electron chi connectivity index (χ1n) is 11.4. The van der Waals surface area contributed by atoms with Crippen LogP contribution < -0.4 is 10.1 Å². The van der Waals surface area contributed by atoms with Gasteiger partial charge in [-0.25, -0.2) is 9.18 Å². The minimum absolute atomic E-state index is 0.120. The quantitative estimate of drug-likeness (QED) is 0.326. The Morgan fingerprint density at radius 1 is 1.00 bits per heavy atom. The van der Waals surface area contributed by atoms with Crippen LogP contribution in [0, 0.1) is 12.7 Å². The number of ether oxygens (including phenoxy) is 1. The van der Waals surface area contributed by atoms with Crippen LogP contribution in [0.2, 0.25) is 0 Å². The largest absolute Gasteiger partial charge is 0.491 e. The van der Waals surface area contributed by atoms with Crippen LogP contribution in [-0.2, 0) is 19.6 Å². The Bertz CT molecular complexity index is 1290. The van der Waals surface area contributed by atoms with Crippen molar-refractivity contribution in [2.75, 3.05) is 0 Å². The van der Waals surface area contributed by atoms with Gasteiger partial charge in [-0.3, -0.25) is 0 Å². The van der Waals surface area contributed by atoms with Gasteiger partial charge in [-0.1, -0.05) is 36.4 Å². The monoisotopic (exact) mass is 460 g/mol. The lowest BCUT2D eigenvalue weighted by molar-refractivity contribution is 0.0684. The van der Waals surface area contributed by atoms with E-state index in [-0.39, 0.29) is 17.6 Å². The second-order valence-corrected chi connectivity index (χ2v) is 8.78. The Balaban J connectivity index is 1.62. The summed E-state index contributed by atoms with van der Waals surface area (Å²) in [7, 11) is 0. The summed E-state index contributed by atoms with van der Waals surface area (Å²) in [4.78, 5) is 12.4. The maximum Gasteiger partial charge on any atom is 0.352 e. The van der Waals surface area contributed by atoms with Gasteiger partial charge in [-0.05, 0) is 67.8 Å². The molecule has 34 heavy (non-hydrogen) atoms. The third-order valence-electron chi connectivity index (χ3n) is 5.71. The number of nitrogens with zero attached hydrogens (tertiary/aromatic N) is 1. The molecule has 0 aliphatic carbocycles. The van der Waals surface area contributed by atoms with E-state index < -0.39 is 5.97 Å². The summed E-state index contributed by atoms with van der Waals surface area (Å²) in [5.41, 5.74) is 4.81. The van der Waals surface area contributed by atoms with Crippen LogP contribution >= 0.6 is 0 Å². The second-order valence-electron chi connectivity index (χ2n) is 8.78. The van der Waals surface area contributed by atoms with E-state index in [1.54, 1.807) is 12.1 Å². The first-order valence-corrected chi connectivity index (χ1v) is 11.4. The third-order valence-corrected chi connectivity index (χ3v) is 5.71. The van der Waals surface area contributed by atoms with Crippen LogP contribution in [0.4, 0.5) is 4.39 Å². The molecule has 0 amide bonds. The van der Waals surface area contributed by atoms with Crippen LogP contribution in [-0.4, -0.2) is 21.7 Å². The van der Waals surface area contributed by atoms with Crippen molar-refractivity contribution >= 4 is 16.9 Å².